The molecule has 24 heavy (non-hydrogen) atoms. The molecule has 0 spiro atoms. The zero-order chi connectivity index (χ0) is 17.3. The minimum absolute atomic E-state index is 0.0451. The number of carbonyl (C=O) groups excluding carboxylic acids is 1. The molecule has 5 nitrogen and oxygen atoms in total. The van der Waals surface area contributed by atoms with E-state index in [2.05, 4.69) is 0 Å². The van der Waals surface area contributed by atoms with Crippen LogP contribution in [0.15, 0.2) is 36.4 Å². The van der Waals surface area contributed by atoms with E-state index in [0.29, 0.717) is 9.90 Å². The van der Waals surface area contributed by atoms with Gasteiger partial charge in [-0.3, -0.25) is 4.79 Å². The van der Waals surface area contributed by atoms with Gasteiger partial charge < -0.3 is 15.1 Å². The number of rotatable bonds is 3. The van der Waals surface area contributed by atoms with Gasteiger partial charge in [-0.05, 0) is 29.8 Å². The maximum atomic E-state index is 12.6. The lowest BCUT2D eigenvalue weighted by atomic mass is 9.91. The molecule has 1 aromatic heterocycles. The number of amides is 1. The molecule has 1 saturated heterocycles. The minimum Gasteiger partial charge on any atom is -0.479 e. The number of carbonyl (C=O) groups is 2. The Hall–Kier alpha value is -1.89. The molecule has 0 radical (unpaired) electrons. The average molecular weight is 366 g/mol. The van der Waals surface area contributed by atoms with Crippen molar-refractivity contribution >= 4 is 34.8 Å². The normalized spacial score (nSPS) is 16.8. The molecule has 3 rings (SSSR count). The number of thiophene rings is 1. The van der Waals surface area contributed by atoms with Crippen molar-refractivity contribution in [1.82, 2.24) is 4.90 Å². The van der Waals surface area contributed by atoms with E-state index in [1.165, 1.54) is 11.3 Å². The number of halogens is 1. The predicted octanol–water partition coefficient (Wildman–Crippen LogP) is 3.12. The molecule has 2 N–H and O–H groups in total. The van der Waals surface area contributed by atoms with E-state index in [0.717, 1.165) is 10.4 Å². The van der Waals surface area contributed by atoms with Crippen LogP contribution in [0.4, 0.5) is 0 Å². The van der Waals surface area contributed by atoms with E-state index in [1.807, 2.05) is 18.2 Å². The van der Waals surface area contributed by atoms with Crippen LogP contribution in [-0.2, 0) is 4.79 Å². The van der Waals surface area contributed by atoms with Crippen LogP contribution in [0.5, 0.6) is 0 Å². The van der Waals surface area contributed by atoms with E-state index in [1.54, 1.807) is 23.1 Å². The number of carboxylic acids is 1. The fourth-order valence-electron chi connectivity index (χ4n) is 2.67. The molecule has 0 unspecified atom stereocenters. The molecule has 1 aliphatic heterocycles. The first-order valence-electron chi connectivity index (χ1n) is 7.50. The Labute approximate surface area is 148 Å². The molecule has 126 valence electrons. The van der Waals surface area contributed by atoms with Gasteiger partial charge in [0.15, 0.2) is 5.60 Å². The Kier molecular flexibility index (Phi) is 4.62. The first-order valence-corrected chi connectivity index (χ1v) is 8.69. The number of likely N-dealkylation sites (tertiary alicyclic amines) is 1. The highest BCUT2D eigenvalue weighted by atomic mass is 35.5. The molecule has 1 amide bonds. The van der Waals surface area contributed by atoms with Gasteiger partial charge in [-0.25, -0.2) is 4.79 Å². The molecule has 1 aromatic carbocycles. The molecule has 1 fully saturated rings. The predicted molar refractivity (Wildman–Crippen MR) is 92.5 cm³/mol. The van der Waals surface area contributed by atoms with Gasteiger partial charge in [0.25, 0.3) is 5.91 Å². The van der Waals surface area contributed by atoms with Crippen LogP contribution in [0.1, 0.15) is 22.5 Å². The number of carboxylic acid groups (broad SMARTS) is 1. The summed E-state index contributed by atoms with van der Waals surface area (Å²) in [6.07, 6.45) is 0.0903. The lowest BCUT2D eigenvalue weighted by Gasteiger charge is -2.35. The fourth-order valence-corrected chi connectivity index (χ4v) is 3.78. The number of benzene rings is 1. The number of nitrogens with zero attached hydrogens (tertiary/aromatic N) is 1. The smallest absolute Gasteiger partial charge is 0.335 e. The number of hydrogen-bond donors (Lipinski definition) is 2. The fraction of sp³-hybridized carbons (Fsp3) is 0.294. The van der Waals surface area contributed by atoms with Crippen molar-refractivity contribution in [3.8, 4) is 10.4 Å². The first kappa shape index (κ1) is 17.0. The summed E-state index contributed by atoms with van der Waals surface area (Å²) in [7, 11) is 0. The number of aliphatic hydroxyl groups is 1. The van der Waals surface area contributed by atoms with Gasteiger partial charge in [0.2, 0.25) is 0 Å². The number of aliphatic carboxylic acids is 1. The summed E-state index contributed by atoms with van der Waals surface area (Å²) in [6.45, 7) is 0.464. The summed E-state index contributed by atoms with van der Waals surface area (Å²) in [4.78, 5) is 26.8. The van der Waals surface area contributed by atoms with Crippen LogP contribution in [0.2, 0.25) is 5.02 Å². The summed E-state index contributed by atoms with van der Waals surface area (Å²) >= 11 is 7.27. The van der Waals surface area contributed by atoms with Crippen molar-refractivity contribution in [3.05, 3.63) is 46.3 Å². The highest BCUT2D eigenvalue weighted by Crippen LogP contribution is 2.31. The molecule has 0 saturated carbocycles. The highest BCUT2D eigenvalue weighted by molar-refractivity contribution is 7.17. The van der Waals surface area contributed by atoms with E-state index in [9.17, 15) is 14.7 Å². The molecule has 0 aliphatic carbocycles. The molecular formula is C17H16ClNO4S. The summed E-state index contributed by atoms with van der Waals surface area (Å²) in [5, 5.41) is 19.6. The van der Waals surface area contributed by atoms with Crippen LogP contribution in [0.25, 0.3) is 10.4 Å². The van der Waals surface area contributed by atoms with Gasteiger partial charge in [0.05, 0.1) is 4.88 Å². The van der Waals surface area contributed by atoms with Crippen LogP contribution in [0, 0.1) is 0 Å². The van der Waals surface area contributed by atoms with E-state index < -0.39 is 11.6 Å². The monoisotopic (exact) mass is 365 g/mol. The van der Waals surface area contributed by atoms with Gasteiger partial charge in [0, 0.05) is 35.8 Å². The largest absolute Gasteiger partial charge is 0.479 e. The second-order valence-electron chi connectivity index (χ2n) is 5.80. The lowest BCUT2D eigenvalue weighted by Crippen LogP contribution is -2.50. The zero-order valence-electron chi connectivity index (χ0n) is 12.7. The second kappa shape index (κ2) is 6.55. The third-order valence-corrected chi connectivity index (χ3v) is 5.60. The molecule has 2 aromatic rings. The molecule has 0 bridgehead atoms. The van der Waals surface area contributed by atoms with Gasteiger partial charge in [-0.15, -0.1) is 11.3 Å². The quantitative estimate of drug-likeness (QED) is 0.876. The summed E-state index contributed by atoms with van der Waals surface area (Å²) in [6, 6.07) is 11.1. The van der Waals surface area contributed by atoms with Crippen molar-refractivity contribution in [1.29, 1.82) is 0 Å². The van der Waals surface area contributed by atoms with Crippen LogP contribution < -0.4 is 0 Å². The Morgan fingerprint density at radius 3 is 2.29 bits per heavy atom. The SMILES string of the molecule is O=C(c1ccc(-c2ccc(Cl)cc2)s1)N1CCC(O)(C(=O)O)CC1. The van der Waals surface area contributed by atoms with Gasteiger partial charge in [0.1, 0.15) is 0 Å². The highest BCUT2D eigenvalue weighted by Gasteiger charge is 2.40. The Morgan fingerprint density at radius 2 is 1.71 bits per heavy atom. The first-order chi connectivity index (χ1) is 11.4. The average Bonchev–Trinajstić information content (AvgIpc) is 3.05. The summed E-state index contributed by atoms with van der Waals surface area (Å²) < 4.78 is 0. The van der Waals surface area contributed by atoms with E-state index in [4.69, 9.17) is 16.7 Å². The third-order valence-electron chi connectivity index (χ3n) is 4.22. The Morgan fingerprint density at radius 1 is 1.08 bits per heavy atom. The van der Waals surface area contributed by atoms with Crippen molar-refractivity contribution < 1.29 is 19.8 Å². The molecule has 2 heterocycles. The van der Waals surface area contributed by atoms with E-state index >= 15 is 0 Å². The molecule has 0 atom stereocenters. The molecule has 7 heteroatoms. The second-order valence-corrected chi connectivity index (χ2v) is 7.32. The van der Waals surface area contributed by atoms with E-state index in [-0.39, 0.29) is 31.8 Å². The Balaban J connectivity index is 1.71. The maximum absolute atomic E-state index is 12.6. The van der Waals surface area contributed by atoms with Crippen molar-refractivity contribution in [2.45, 2.75) is 18.4 Å². The van der Waals surface area contributed by atoms with Gasteiger partial charge in [-0.2, -0.15) is 0 Å². The third kappa shape index (κ3) is 3.31. The standard InChI is InChI=1S/C17H16ClNO4S/c18-12-3-1-11(2-4-12)13-5-6-14(24-13)15(20)19-9-7-17(23,8-10-19)16(21)22/h1-6,23H,7-10H2,(H,21,22). The molecule has 1 aliphatic rings. The van der Waals surface area contributed by atoms with Crippen LogP contribution in [0.3, 0.4) is 0 Å². The topological polar surface area (TPSA) is 77.8 Å². The van der Waals surface area contributed by atoms with Crippen molar-refractivity contribution in [2.24, 2.45) is 0 Å². The lowest BCUT2D eigenvalue weighted by molar-refractivity contribution is -0.162. The van der Waals surface area contributed by atoms with Gasteiger partial charge in [-0.1, -0.05) is 23.7 Å². The Bertz CT molecular complexity index is 763. The van der Waals surface area contributed by atoms with Crippen molar-refractivity contribution in [3.63, 3.8) is 0 Å². The minimum atomic E-state index is -1.72. The van der Waals surface area contributed by atoms with Crippen LogP contribution >= 0.6 is 22.9 Å². The summed E-state index contributed by atoms with van der Waals surface area (Å²) in [5.41, 5.74) is -0.733. The van der Waals surface area contributed by atoms with Gasteiger partial charge >= 0.3 is 5.97 Å². The number of hydrogen-bond acceptors (Lipinski definition) is 4. The zero-order valence-corrected chi connectivity index (χ0v) is 14.3. The van der Waals surface area contributed by atoms with Crippen LogP contribution in [-0.4, -0.2) is 45.7 Å². The summed E-state index contributed by atoms with van der Waals surface area (Å²) in [5.74, 6) is -1.36. The molecular weight excluding hydrogens is 350 g/mol. The van der Waals surface area contributed by atoms with Crippen molar-refractivity contribution in [2.75, 3.05) is 13.1 Å². The number of piperidine rings is 1. The maximum Gasteiger partial charge on any atom is 0.335 e.